The first-order chi connectivity index (χ1) is 22.8. The fourth-order valence-electron chi connectivity index (χ4n) is 8.11. The van der Waals surface area contributed by atoms with Crippen LogP contribution in [0.5, 0.6) is 0 Å². The van der Waals surface area contributed by atoms with E-state index < -0.39 is 0 Å². The minimum atomic E-state index is -0.232. The molecule has 1 N–H and O–H groups in total. The molecule has 1 amide bonds. The van der Waals surface area contributed by atoms with Crippen LogP contribution in [0.4, 0.5) is 0 Å². The van der Waals surface area contributed by atoms with Crippen molar-refractivity contribution in [1.82, 2.24) is 5.32 Å². The van der Waals surface area contributed by atoms with Crippen LogP contribution in [0.2, 0.25) is 0 Å². The zero-order valence-corrected chi connectivity index (χ0v) is 32.6. The number of hydrogen-bond donors (Lipinski definition) is 1. The van der Waals surface area contributed by atoms with Crippen LogP contribution >= 0.6 is 23.5 Å². The van der Waals surface area contributed by atoms with E-state index >= 15 is 0 Å². The lowest BCUT2D eigenvalue weighted by molar-refractivity contribution is 0.0905. The van der Waals surface area contributed by atoms with E-state index in [0.717, 1.165) is 41.7 Å². The van der Waals surface area contributed by atoms with Crippen molar-refractivity contribution < 1.29 is 9.59 Å². The minimum absolute atomic E-state index is 0.0239. The second-order valence-corrected chi connectivity index (χ2v) is 18.0. The molecule has 2 unspecified atom stereocenters. The maximum atomic E-state index is 13.6. The van der Waals surface area contributed by atoms with Gasteiger partial charge in [-0.05, 0) is 69.8 Å². The van der Waals surface area contributed by atoms with E-state index in [1.807, 2.05) is 24.3 Å². The predicted molar refractivity (Wildman–Crippen MR) is 209 cm³/mol. The zero-order chi connectivity index (χ0) is 33.7. The number of carbonyl (C=O) groups excluding carboxylic acids is 2. The molecule has 0 bridgehead atoms. The minimum Gasteiger partial charge on any atom is -0.347 e. The van der Waals surface area contributed by atoms with Crippen molar-refractivity contribution in [3.8, 4) is 0 Å². The van der Waals surface area contributed by atoms with Crippen molar-refractivity contribution >= 4 is 35.2 Å². The normalized spacial score (nSPS) is 21.4. The highest BCUT2D eigenvalue weighted by Crippen LogP contribution is 2.34. The molecule has 3 atom stereocenters. The highest BCUT2D eigenvalue weighted by molar-refractivity contribution is 8.00. The largest absolute Gasteiger partial charge is 0.347 e. The summed E-state index contributed by atoms with van der Waals surface area (Å²) in [6.45, 7) is 6.26. The second-order valence-electron chi connectivity index (χ2n) is 15.8. The van der Waals surface area contributed by atoms with Gasteiger partial charge in [-0.2, -0.15) is 23.5 Å². The molecule has 3 rings (SSSR count). The molecule has 1 aromatic carbocycles. The maximum Gasteiger partial charge on any atom is 0.251 e. The highest BCUT2D eigenvalue weighted by Gasteiger charge is 2.25. The standard InChI is InChI=1S/C42H71NO2S2/c1-5-31-42(2,3)43-41(45)37-28-26-36(27-29-37)40(44)38(32-46-4)33-47-39-24-18-17-23-35(25-30-39)22-16-12-11-15-21-34-19-13-9-7-6-8-10-14-20-34/h26-29,34-35,38-39H,5-25,30-33H2,1-4H3,(H,43,45)/t35-,38?,39?/m1/s1. The average molecular weight is 686 g/mol. The third kappa shape index (κ3) is 16.5. The van der Waals surface area contributed by atoms with Gasteiger partial charge in [0.1, 0.15) is 0 Å². The predicted octanol–water partition coefficient (Wildman–Crippen LogP) is 12.7. The van der Waals surface area contributed by atoms with Crippen molar-refractivity contribution in [2.24, 2.45) is 17.8 Å². The Labute approximate surface area is 299 Å². The van der Waals surface area contributed by atoms with Crippen LogP contribution in [0.3, 0.4) is 0 Å². The summed E-state index contributed by atoms with van der Waals surface area (Å²) in [6, 6.07) is 7.37. The summed E-state index contributed by atoms with van der Waals surface area (Å²) in [5.74, 6) is 3.88. The fraction of sp³-hybridized carbons (Fsp3) is 0.810. The monoisotopic (exact) mass is 685 g/mol. The van der Waals surface area contributed by atoms with Gasteiger partial charge in [-0.3, -0.25) is 9.59 Å². The number of unbranched alkanes of at least 4 members (excludes halogenated alkanes) is 3. The van der Waals surface area contributed by atoms with Gasteiger partial charge in [0.2, 0.25) is 0 Å². The molecule has 268 valence electrons. The number of carbonyl (C=O) groups is 2. The Bertz CT molecular complexity index is 983. The Hall–Kier alpha value is -0.940. The molecular formula is C42H71NO2S2. The Balaban J connectivity index is 1.37. The zero-order valence-electron chi connectivity index (χ0n) is 30.9. The number of hydrogen-bond acceptors (Lipinski definition) is 4. The molecule has 1 aromatic rings. The van der Waals surface area contributed by atoms with Gasteiger partial charge in [-0.15, -0.1) is 0 Å². The van der Waals surface area contributed by atoms with Crippen LogP contribution in [-0.2, 0) is 0 Å². The number of benzene rings is 1. The van der Waals surface area contributed by atoms with E-state index in [1.165, 1.54) is 135 Å². The third-order valence-corrected chi connectivity index (χ3v) is 13.3. The van der Waals surface area contributed by atoms with Crippen LogP contribution in [0.15, 0.2) is 24.3 Å². The first-order valence-corrected chi connectivity index (χ1v) is 22.3. The average Bonchev–Trinajstić information content (AvgIpc) is 3.05. The Morgan fingerprint density at radius 3 is 1.85 bits per heavy atom. The van der Waals surface area contributed by atoms with Crippen LogP contribution < -0.4 is 5.32 Å². The van der Waals surface area contributed by atoms with Gasteiger partial charge in [-0.25, -0.2) is 0 Å². The van der Waals surface area contributed by atoms with Gasteiger partial charge in [-0.1, -0.05) is 141 Å². The van der Waals surface area contributed by atoms with E-state index in [9.17, 15) is 9.59 Å². The second kappa shape index (κ2) is 23.5. The Morgan fingerprint density at radius 1 is 0.723 bits per heavy atom. The molecule has 2 saturated carbocycles. The van der Waals surface area contributed by atoms with Gasteiger partial charge < -0.3 is 5.32 Å². The lowest BCUT2D eigenvalue weighted by Gasteiger charge is -2.26. The number of rotatable bonds is 18. The molecule has 5 heteroatoms. The third-order valence-electron chi connectivity index (χ3n) is 11.0. The maximum absolute atomic E-state index is 13.6. The molecule has 47 heavy (non-hydrogen) atoms. The summed E-state index contributed by atoms with van der Waals surface area (Å²) in [5, 5.41) is 3.83. The summed E-state index contributed by atoms with van der Waals surface area (Å²) >= 11 is 3.84. The summed E-state index contributed by atoms with van der Waals surface area (Å²) in [5.41, 5.74) is 1.13. The molecule has 0 spiro atoms. The van der Waals surface area contributed by atoms with Crippen molar-refractivity contribution in [2.75, 3.05) is 17.8 Å². The van der Waals surface area contributed by atoms with Crippen molar-refractivity contribution in [1.29, 1.82) is 0 Å². The number of thioether (sulfide) groups is 2. The molecule has 0 saturated heterocycles. The van der Waals surface area contributed by atoms with E-state index in [-0.39, 0.29) is 23.1 Å². The number of ketones is 1. The quantitative estimate of drug-likeness (QED) is 0.123. The van der Waals surface area contributed by atoms with Crippen molar-refractivity contribution in [3.63, 3.8) is 0 Å². The molecule has 2 fully saturated rings. The number of nitrogens with one attached hydrogen (secondary N) is 1. The van der Waals surface area contributed by atoms with Crippen LogP contribution in [0, 0.1) is 17.8 Å². The van der Waals surface area contributed by atoms with E-state index in [0.29, 0.717) is 10.8 Å². The van der Waals surface area contributed by atoms with Gasteiger partial charge in [0.05, 0.1) is 0 Å². The van der Waals surface area contributed by atoms with Crippen LogP contribution in [0.25, 0.3) is 0 Å². The molecule has 0 aromatic heterocycles. The first-order valence-electron chi connectivity index (χ1n) is 19.9. The summed E-state index contributed by atoms with van der Waals surface area (Å²) in [6.07, 6.45) is 34.2. The van der Waals surface area contributed by atoms with Crippen LogP contribution in [0.1, 0.15) is 189 Å². The first kappa shape index (κ1) is 40.5. The number of Topliss-reactive ketones (excluding diaryl/α,β-unsaturated/α-hetero) is 1. The van der Waals surface area contributed by atoms with Gasteiger partial charge in [0.25, 0.3) is 5.91 Å². The molecule has 2 aliphatic rings. The summed E-state index contributed by atoms with van der Waals surface area (Å²) in [4.78, 5) is 26.4. The van der Waals surface area contributed by atoms with Gasteiger partial charge in [0.15, 0.2) is 5.78 Å². The number of amides is 1. The highest BCUT2D eigenvalue weighted by atomic mass is 32.2. The molecule has 0 aliphatic heterocycles. The molecule has 0 heterocycles. The Morgan fingerprint density at radius 2 is 1.26 bits per heavy atom. The molecule has 3 nitrogen and oxygen atoms in total. The summed E-state index contributed by atoms with van der Waals surface area (Å²) in [7, 11) is 0. The molecule has 0 radical (unpaired) electrons. The summed E-state index contributed by atoms with van der Waals surface area (Å²) < 4.78 is 0. The fourth-order valence-corrected chi connectivity index (χ4v) is 10.3. The SMILES string of the molecule is CCCC(C)(C)NC(=O)c1ccc(C(=O)C(CSC)CSC2CCCC[C@@H](CCCCCCC3CCCCCCCCC3)CC2)cc1. The van der Waals surface area contributed by atoms with Crippen molar-refractivity contribution in [2.45, 2.75) is 179 Å². The van der Waals surface area contributed by atoms with Gasteiger partial charge >= 0.3 is 0 Å². The smallest absolute Gasteiger partial charge is 0.251 e. The molecule has 2 aliphatic carbocycles. The molecular weight excluding hydrogens is 615 g/mol. The Kier molecular flexibility index (Phi) is 20.2. The lowest BCUT2D eigenvalue weighted by atomic mass is 9.86. The van der Waals surface area contributed by atoms with E-state index in [4.69, 9.17) is 0 Å². The van der Waals surface area contributed by atoms with Crippen LogP contribution in [-0.4, -0.2) is 40.2 Å². The van der Waals surface area contributed by atoms with Gasteiger partial charge in [0, 0.05) is 39.3 Å². The van der Waals surface area contributed by atoms with E-state index in [1.54, 1.807) is 11.8 Å². The van der Waals surface area contributed by atoms with E-state index in [2.05, 4.69) is 44.1 Å². The topological polar surface area (TPSA) is 46.2 Å². The lowest BCUT2D eigenvalue weighted by Crippen LogP contribution is -2.43. The van der Waals surface area contributed by atoms with Crippen molar-refractivity contribution in [3.05, 3.63) is 35.4 Å².